The van der Waals surface area contributed by atoms with Crippen LogP contribution in [0.4, 0.5) is 26.0 Å². The van der Waals surface area contributed by atoms with Gasteiger partial charge >= 0.3 is 23.6 Å². The smallest absolute Gasteiger partial charge is 0.316 e. The van der Waals surface area contributed by atoms with Crippen LogP contribution in [0.5, 0.6) is 0 Å². The molecule has 0 radical (unpaired) electrons. The largest absolute Gasteiger partial charge is 0.398 e. The van der Waals surface area contributed by atoms with Crippen molar-refractivity contribution < 1.29 is 27.4 Å². The first kappa shape index (κ1) is 42.9. The lowest BCUT2D eigenvalue weighted by atomic mass is 9.96. The van der Waals surface area contributed by atoms with Gasteiger partial charge in [-0.15, -0.1) is 0 Å². The minimum absolute atomic E-state index is 0.0942. The molecule has 0 bridgehead atoms. The van der Waals surface area contributed by atoms with Gasteiger partial charge in [-0.1, -0.05) is 67.0 Å². The monoisotopic (exact) mass is 887 g/mol. The van der Waals surface area contributed by atoms with Gasteiger partial charge in [0, 0.05) is 69.4 Å². The van der Waals surface area contributed by atoms with Crippen molar-refractivity contribution in [1.29, 1.82) is 0 Å². The fourth-order valence-electron chi connectivity index (χ4n) is 6.61. The zero-order valence-corrected chi connectivity index (χ0v) is 35.7. The number of nitrogens with zero attached hydrogens (tertiary/aromatic N) is 7. The average molecular weight is 888 g/mol. The molecule has 0 aliphatic rings. The number of hydrogen-bond donors (Lipinski definition) is 6. The number of rotatable bonds is 12. The van der Waals surface area contributed by atoms with Crippen LogP contribution in [-0.2, 0) is 24.0 Å². The van der Waals surface area contributed by atoms with Gasteiger partial charge in [0.25, 0.3) is 0 Å². The average Bonchev–Trinajstić information content (AvgIpc) is 4.05. The molecular formula is C44H40ClF2N13O4. The summed E-state index contributed by atoms with van der Waals surface area (Å²) in [6, 6.07) is 17.6. The second-order valence-electron chi connectivity index (χ2n) is 16.3. The molecule has 0 saturated carbocycles. The van der Waals surface area contributed by atoms with Crippen LogP contribution in [0.15, 0.2) is 88.2 Å². The maximum atomic E-state index is 15.5. The molecule has 0 unspecified atom stereocenters. The van der Waals surface area contributed by atoms with Crippen molar-refractivity contribution in [2.75, 3.05) is 16.8 Å². The number of amides is 2. The molecule has 8 aromatic rings. The topological polar surface area (TPSA) is 255 Å². The van der Waals surface area contributed by atoms with Gasteiger partial charge in [0.1, 0.15) is 17.5 Å². The van der Waals surface area contributed by atoms with E-state index in [1.807, 2.05) is 20.8 Å². The third-order valence-corrected chi connectivity index (χ3v) is 10.4. The number of fused-ring (bicyclic) bond motifs is 1. The summed E-state index contributed by atoms with van der Waals surface area (Å²) in [5.41, 5.74) is 16.1. The molecule has 0 saturated heterocycles. The van der Waals surface area contributed by atoms with E-state index in [4.69, 9.17) is 32.1 Å². The fraction of sp³-hybridized carbons (Fsp3) is 0.205. The molecule has 3 aromatic carbocycles. The number of hydrogen-bond acceptors (Lipinski definition) is 14. The van der Waals surface area contributed by atoms with Crippen LogP contribution in [0.3, 0.4) is 0 Å². The predicted molar refractivity (Wildman–Crippen MR) is 234 cm³/mol. The van der Waals surface area contributed by atoms with Gasteiger partial charge in [0.15, 0.2) is 23.1 Å². The number of carbonyl (C=O) groups is 2. The van der Waals surface area contributed by atoms with E-state index in [2.05, 4.69) is 56.2 Å². The summed E-state index contributed by atoms with van der Waals surface area (Å²) in [4.78, 5) is 50.7. The van der Waals surface area contributed by atoms with Crippen molar-refractivity contribution in [3.8, 4) is 33.6 Å². The normalized spacial score (nSPS) is 11.8. The molecule has 0 atom stereocenters. The third-order valence-electron chi connectivity index (χ3n) is 10.2. The first-order valence-corrected chi connectivity index (χ1v) is 20.1. The van der Waals surface area contributed by atoms with Crippen LogP contribution in [0.1, 0.15) is 78.8 Å². The Morgan fingerprint density at radius 2 is 1.30 bits per heavy atom. The van der Waals surface area contributed by atoms with Gasteiger partial charge in [-0.2, -0.15) is 9.97 Å². The van der Waals surface area contributed by atoms with E-state index < -0.39 is 34.4 Å². The van der Waals surface area contributed by atoms with Crippen molar-refractivity contribution in [2.24, 2.45) is 0 Å². The standard InChI is InChI=1S/C44H40ClF2N13O4/c1-43(2,3)41-56-39(63-59-41)37(61)52-19-23-8-6-21(16-29(23)46)26-12-14-50-35(32(26)49)58-44(4,5)42-57-40(64-60-42)38(62)53-20-24-9-7-22(17-30(24)47)27-13-15-51-36-33(27)54-34(55-36)28-11-10-25(45)18-31(28)48/h6-18H,19-20,48-49H2,1-5H3,(H,50,58)(H,52,61)(H,53,62)(H,51,54,55). The lowest BCUT2D eigenvalue weighted by Gasteiger charge is -2.24. The Kier molecular flexibility index (Phi) is 11.3. The Balaban J connectivity index is 0.899. The molecule has 8 N–H and O–H groups in total. The number of pyridine rings is 2. The number of carbonyl (C=O) groups excluding carboxylic acids is 2. The molecule has 0 fully saturated rings. The Bertz CT molecular complexity index is 3090. The molecule has 326 valence electrons. The molecule has 8 rings (SSSR count). The minimum atomic E-state index is -1.09. The van der Waals surface area contributed by atoms with E-state index in [0.717, 1.165) is 0 Å². The summed E-state index contributed by atoms with van der Waals surface area (Å²) >= 11 is 6.07. The Morgan fingerprint density at radius 3 is 1.89 bits per heavy atom. The van der Waals surface area contributed by atoms with E-state index >= 15 is 8.78 Å². The predicted octanol–water partition coefficient (Wildman–Crippen LogP) is 7.72. The van der Waals surface area contributed by atoms with Gasteiger partial charge in [-0.25, -0.2) is 23.7 Å². The van der Waals surface area contributed by atoms with E-state index in [1.54, 1.807) is 68.6 Å². The van der Waals surface area contributed by atoms with Crippen molar-refractivity contribution in [3.05, 3.63) is 130 Å². The Morgan fingerprint density at radius 1 is 0.719 bits per heavy atom. The second kappa shape index (κ2) is 16.8. The zero-order chi connectivity index (χ0) is 45.5. The molecule has 17 nitrogen and oxygen atoms in total. The number of halogens is 3. The van der Waals surface area contributed by atoms with Crippen molar-refractivity contribution in [1.82, 2.24) is 50.9 Å². The number of H-pyrrole nitrogens is 1. The van der Waals surface area contributed by atoms with Gasteiger partial charge < -0.3 is 41.4 Å². The highest BCUT2D eigenvalue weighted by Gasteiger charge is 2.30. The van der Waals surface area contributed by atoms with E-state index in [0.29, 0.717) is 61.3 Å². The maximum Gasteiger partial charge on any atom is 0.316 e. The van der Waals surface area contributed by atoms with Crippen molar-refractivity contribution in [3.63, 3.8) is 0 Å². The number of imidazole rings is 1. The highest BCUT2D eigenvalue weighted by Crippen LogP contribution is 2.35. The molecule has 2 amide bonds. The summed E-state index contributed by atoms with van der Waals surface area (Å²) in [6.45, 7) is 8.78. The molecule has 0 aliphatic carbocycles. The number of aromatic amines is 1. The highest BCUT2D eigenvalue weighted by molar-refractivity contribution is 6.31. The Hall–Kier alpha value is -7.80. The molecule has 0 spiro atoms. The third kappa shape index (κ3) is 8.78. The number of aromatic nitrogens is 8. The summed E-state index contributed by atoms with van der Waals surface area (Å²) in [5, 5.41) is 16.7. The minimum Gasteiger partial charge on any atom is -0.398 e. The van der Waals surface area contributed by atoms with Crippen molar-refractivity contribution >= 4 is 51.8 Å². The molecule has 5 aromatic heterocycles. The van der Waals surface area contributed by atoms with Gasteiger partial charge in [0.05, 0.1) is 16.7 Å². The highest BCUT2D eigenvalue weighted by atomic mass is 35.5. The maximum absolute atomic E-state index is 15.5. The van der Waals surface area contributed by atoms with Gasteiger partial charge in [-0.05, 0) is 67.4 Å². The number of nitrogens with one attached hydrogen (secondary N) is 4. The first-order chi connectivity index (χ1) is 30.4. The Labute approximate surface area is 368 Å². The van der Waals surface area contributed by atoms with Crippen LogP contribution in [0.2, 0.25) is 5.02 Å². The number of nitrogens with two attached hydrogens (primary N) is 2. The van der Waals surface area contributed by atoms with Crippen LogP contribution in [-0.4, -0.2) is 52.0 Å². The SMILES string of the molecule is CC(C)(C)c1noc(C(=O)NCc2ccc(-c3ccnc(NC(C)(C)c4noc(C(=O)NCc5ccc(-c6ccnc7nc(-c8ccc(Cl)cc8N)[nH]c67)cc5F)n4)c3N)cc2F)n1. The quantitative estimate of drug-likeness (QED) is 0.0643. The van der Waals surface area contributed by atoms with E-state index in [1.165, 1.54) is 24.4 Å². The second-order valence-corrected chi connectivity index (χ2v) is 16.8. The van der Waals surface area contributed by atoms with Crippen LogP contribution in [0.25, 0.3) is 44.8 Å². The first-order valence-electron chi connectivity index (χ1n) is 19.7. The molecule has 64 heavy (non-hydrogen) atoms. The molecular weight excluding hydrogens is 848 g/mol. The van der Waals surface area contributed by atoms with Gasteiger partial charge in [-0.3, -0.25) is 9.59 Å². The molecule has 5 heterocycles. The lowest BCUT2D eigenvalue weighted by molar-refractivity contribution is 0.0899. The summed E-state index contributed by atoms with van der Waals surface area (Å²) in [7, 11) is 0. The lowest BCUT2D eigenvalue weighted by Crippen LogP contribution is -2.31. The number of nitrogen functional groups attached to an aromatic ring is 2. The molecule has 20 heteroatoms. The van der Waals surface area contributed by atoms with E-state index in [9.17, 15) is 9.59 Å². The number of anilines is 3. The summed E-state index contributed by atoms with van der Waals surface area (Å²) < 4.78 is 41.2. The molecule has 0 aliphatic heterocycles. The number of benzene rings is 3. The van der Waals surface area contributed by atoms with Gasteiger partial charge in [0.2, 0.25) is 0 Å². The van der Waals surface area contributed by atoms with Crippen LogP contribution >= 0.6 is 11.6 Å². The van der Waals surface area contributed by atoms with E-state index in [-0.39, 0.29) is 53.3 Å². The van der Waals surface area contributed by atoms with Crippen molar-refractivity contribution in [2.45, 2.75) is 58.7 Å². The summed E-state index contributed by atoms with van der Waals surface area (Å²) in [5.74, 6) is -1.90. The summed E-state index contributed by atoms with van der Waals surface area (Å²) in [6.07, 6.45) is 3.08. The zero-order valence-electron chi connectivity index (χ0n) is 35.0. The van der Waals surface area contributed by atoms with Crippen LogP contribution in [0, 0.1) is 11.6 Å². The van der Waals surface area contributed by atoms with Crippen LogP contribution < -0.4 is 27.4 Å². The fourth-order valence-corrected chi connectivity index (χ4v) is 6.79.